The van der Waals surface area contributed by atoms with Gasteiger partial charge in [0.2, 0.25) is 17.7 Å². The van der Waals surface area contributed by atoms with Crippen molar-refractivity contribution in [3.8, 4) is 39.4 Å². The number of carbonyl (C=O) groups is 2. The molecule has 2 fully saturated rings. The molecule has 0 spiro atoms. The summed E-state index contributed by atoms with van der Waals surface area (Å²) in [4.78, 5) is 45.7. The lowest BCUT2D eigenvalue weighted by Crippen LogP contribution is -2.36. The predicted molar refractivity (Wildman–Crippen MR) is 198 cm³/mol. The number of amides is 2. The van der Waals surface area contributed by atoms with E-state index < -0.39 is 0 Å². The Bertz CT molecular complexity index is 2190. The Morgan fingerprint density at radius 2 is 1.49 bits per heavy atom. The molecule has 7 rings (SSSR count). The highest BCUT2D eigenvalue weighted by molar-refractivity contribution is 6.36. The van der Waals surface area contributed by atoms with Gasteiger partial charge in [-0.2, -0.15) is 0 Å². The summed E-state index contributed by atoms with van der Waals surface area (Å²) < 4.78 is 7.23. The van der Waals surface area contributed by atoms with Gasteiger partial charge in [-0.3, -0.25) is 18.8 Å². The topological polar surface area (TPSA) is 139 Å². The van der Waals surface area contributed by atoms with Gasteiger partial charge in [-0.1, -0.05) is 54.1 Å². The van der Waals surface area contributed by atoms with Gasteiger partial charge in [-0.25, -0.2) is 9.97 Å². The number of nitrogens with one attached hydrogen (secondary N) is 4. The number of fused-ring (bicyclic) bond motifs is 1. The fourth-order valence-corrected chi connectivity index (χ4v) is 7.26. The first kappa shape index (κ1) is 34.4. The number of rotatable bonds is 12. The number of ether oxygens (including phenoxy) is 1. The van der Waals surface area contributed by atoms with E-state index in [4.69, 9.17) is 21.3 Å². The molecule has 2 aliphatic rings. The van der Waals surface area contributed by atoms with Gasteiger partial charge in [0.05, 0.1) is 17.8 Å². The minimum atomic E-state index is -0.128. The lowest BCUT2D eigenvalue weighted by atomic mass is 9.92. The number of halogens is 1. The number of benzene rings is 2. The molecule has 2 aromatic carbocycles. The SMILES string of the molecule is COc1nc(-c2cccc(-c3cccc(-c4ccn5c(=O)c(CNC[C@@H]6CCC(=O)N6)cnc5c4)c3C)c2Cl)ccc1CNC[C@@H]1CCC(=O)N1. The van der Waals surface area contributed by atoms with Crippen LogP contribution in [0.1, 0.15) is 42.4 Å². The van der Waals surface area contributed by atoms with Crippen molar-refractivity contribution in [2.24, 2.45) is 0 Å². The number of aromatic nitrogens is 3. The zero-order valence-electron chi connectivity index (χ0n) is 28.6. The predicted octanol–water partition coefficient (Wildman–Crippen LogP) is 4.80. The first-order chi connectivity index (χ1) is 24.8. The van der Waals surface area contributed by atoms with Gasteiger partial charge in [0.1, 0.15) is 5.65 Å². The van der Waals surface area contributed by atoms with Crippen molar-refractivity contribution in [1.82, 2.24) is 35.6 Å². The van der Waals surface area contributed by atoms with E-state index in [1.165, 1.54) is 0 Å². The third-order valence-corrected chi connectivity index (χ3v) is 10.1. The second kappa shape index (κ2) is 15.0. The Kier molecular flexibility index (Phi) is 10.1. The van der Waals surface area contributed by atoms with Crippen LogP contribution in [0.15, 0.2) is 77.9 Å². The van der Waals surface area contributed by atoms with E-state index >= 15 is 0 Å². The van der Waals surface area contributed by atoms with Crippen LogP contribution in [0.25, 0.3) is 39.2 Å². The second-order valence-electron chi connectivity index (χ2n) is 13.1. The monoisotopic (exact) mass is 705 g/mol. The summed E-state index contributed by atoms with van der Waals surface area (Å²) in [6.07, 6.45) is 6.14. The van der Waals surface area contributed by atoms with Gasteiger partial charge in [-0.05, 0) is 60.2 Å². The fraction of sp³-hybridized carbons (Fsp3) is 0.308. The molecule has 2 aliphatic heterocycles. The Labute approximate surface area is 300 Å². The largest absolute Gasteiger partial charge is 0.481 e. The van der Waals surface area contributed by atoms with E-state index in [1.807, 2.05) is 48.5 Å². The highest BCUT2D eigenvalue weighted by atomic mass is 35.5. The van der Waals surface area contributed by atoms with Crippen LogP contribution in [-0.4, -0.2) is 58.5 Å². The van der Waals surface area contributed by atoms with E-state index in [9.17, 15) is 14.4 Å². The van der Waals surface area contributed by atoms with E-state index in [0.29, 0.717) is 66.8 Å². The summed E-state index contributed by atoms with van der Waals surface area (Å²) in [5, 5.41) is 13.2. The van der Waals surface area contributed by atoms with Crippen molar-refractivity contribution in [1.29, 1.82) is 0 Å². The van der Waals surface area contributed by atoms with E-state index in [0.717, 1.165) is 51.8 Å². The maximum atomic E-state index is 13.3. The maximum Gasteiger partial charge on any atom is 0.262 e. The summed E-state index contributed by atoms with van der Waals surface area (Å²) in [5.41, 5.74) is 8.22. The van der Waals surface area contributed by atoms with Gasteiger partial charge in [-0.15, -0.1) is 0 Å². The molecule has 0 unspecified atom stereocenters. The average Bonchev–Trinajstić information content (AvgIpc) is 3.76. The molecule has 2 atom stereocenters. The summed E-state index contributed by atoms with van der Waals surface area (Å²) in [7, 11) is 1.61. The zero-order chi connectivity index (χ0) is 35.5. The number of pyridine rings is 2. The molecule has 0 bridgehead atoms. The van der Waals surface area contributed by atoms with Gasteiger partial charge in [0, 0.05) is 85.8 Å². The van der Waals surface area contributed by atoms with E-state index in [-0.39, 0.29) is 29.5 Å². The number of nitrogens with zero attached hydrogens (tertiary/aromatic N) is 3. The van der Waals surface area contributed by atoms with Crippen LogP contribution in [0.2, 0.25) is 5.02 Å². The van der Waals surface area contributed by atoms with Crippen molar-refractivity contribution in [3.05, 3.63) is 105 Å². The van der Waals surface area contributed by atoms with Gasteiger partial charge in [0.15, 0.2) is 0 Å². The molecule has 0 saturated carbocycles. The Balaban J connectivity index is 1.10. The molecular formula is C39H40ClN7O4. The summed E-state index contributed by atoms with van der Waals surface area (Å²) in [5.74, 6) is 0.686. The molecule has 262 valence electrons. The molecule has 2 amide bonds. The Morgan fingerprint density at radius 3 is 2.16 bits per heavy atom. The lowest BCUT2D eigenvalue weighted by molar-refractivity contribution is -0.120. The molecule has 4 N–H and O–H groups in total. The molecule has 5 aromatic rings. The van der Waals surface area contributed by atoms with E-state index in [2.05, 4.69) is 45.3 Å². The quantitative estimate of drug-likeness (QED) is 0.145. The van der Waals surface area contributed by atoms with Crippen LogP contribution in [0.3, 0.4) is 0 Å². The third-order valence-electron chi connectivity index (χ3n) is 9.71. The Morgan fingerprint density at radius 1 is 0.843 bits per heavy atom. The minimum absolute atomic E-state index is 0.0701. The van der Waals surface area contributed by atoms with Crippen molar-refractivity contribution < 1.29 is 14.3 Å². The molecular weight excluding hydrogens is 666 g/mol. The minimum Gasteiger partial charge on any atom is -0.481 e. The van der Waals surface area contributed by atoms with Gasteiger partial charge in [0.25, 0.3) is 5.56 Å². The van der Waals surface area contributed by atoms with Crippen LogP contribution < -0.4 is 31.6 Å². The number of hydrogen-bond acceptors (Lipinski definition) is 8. The highest BCUT2D eigenvalue weighted by Crippen LogP contribution is 2.40. The molecule has 11 nitrogen and oxygen atoms in total. The van der Waals surface area contributed by atoms with Crippen molar-refractivity contribution in [3.63, 3.8) is 0 Å². The smallest absolute Gasteiger partial charge is 0.262 e. The van der Waals surface area contributed by atoms with E-state index in [1.54, 1.807) is 23.9 Å². The maximum absolute atomic E-state index is 13.3. The summed E-state index contributed by atoms with van der Waals surface area (Å²) >= 11 is 7.14. The zero-order valence-corrected chi connectivity index (χ0v) is 29.3. The number of hydrogen-bond donors (Lipinski definition) is 4. The third kappa shape index (κ3) is 7.37. The first-order valence-electron chi connectivity index (χ1n) is 17.2. The molecule has 2 saturated heterocycles. The molecule has 51 heavy (non-hydrogen) atoms. The summed E-state index contributed by atoms with van der Waals surface area (Å²) in [6.45, 7) is 4.28. The molecule has 3 aromatic heterocycles. The van der Waals surface area contributed by atoms with Crippen LogP contribution in [0.5, 0.6) is 5.88 Å². The summed E-state index contributed by atoms with van der Waals surface area (Å²) in [6, 6.07) is 20.1. The molecule has 12 heteroatoms. The molecule has 0 radical (unpaired) electrons. The second-order valence-corrected chi connectivity index (χ2v) is 13.5. The standard InChI is InChI=1S/C39H40ClN7O4/c1-23-29(24-15-16-47-34(17-24)43-20-26(39(47)50)19-42-22-28-11-14-36(49)45-28)5-3-6-30(23)31-7-4-8-32(37(31)40)33-12-9-25(38(46-33)51-2)18-41-21-27-10-13-35(48)44-27/h3-9,12,15-17,20,27-28,41-42H,10-11,13-14,18-19,21-22H2,1-2H3,(H,44,48)(H,45,49)/t27-,28-/m0/s1. The molecule has 0 aliphatic carbocycles. The number of methoxy groups -OCH3 is 1. The van der Waals surface area contributed by atoms with Crippen LogP contribution in [-0.2, 0) is 22.7 Å². The highest BCUT2D eigenvalue weighted by Gasteiger charge is 2.22. The normalized spacial score (nSPS) is 17.2. The lowest BCUT2D eigenvalue weighted by Gasteiger charge is -2.16. The van der Waals surface area contributed by atoms with Crippen LogP contribution in [0, 0.1) is 6.92 Å². The fourth-order valence-electron chi connectivity index (χ4n) is 6.93. The first-order valence-corrected chi connectivity index (χ1v) is 17.6. The van der Waals surface area contributed by atoms with Crippen molar-refractivity contribution in [2.75, 3.05) is 20.2 Å². The average molecular weight is 706 g/mol. The number of carbonyl (C=O) groups excluding carboxylic acids is 2. The Hall–Kier alpha value is -5.10. The molecule has 5 heterocycles. The van der Waals surface area contributed by atoms with Gasteiger partial charge < -0.3 is 26.0 Å². The van der Waals surface area contributed by atoms with Crippen LogP contribution in [0.4, 0.5) is 0 Å². The van der Waals surface area contributed by atoms with Crippen LogP contribution >= 0.6 is 11.6 Å². The van der Waals surface area contributed by atoms with Gasteiger partial charge >= 0.3 is 0 Å². The van der Waals surface area contributed by atoms with Crippen molar-refractivity contribution >= 4 is 29.1 Å². The van der Waals surface area contributed by atoms with Crippen molar-refractivity contribution in [2.45, 2.75) is 57.8 Å².